The van der Waals surface area contributed by atoms with E-state index in [0.29, 0.717) is 17.2 Å². The van der Waals surface area contributed by atoms with Crippen LogP contribution in [-0.4, -0.2) is 39.2 Å². The Kier molecular flexibility index (Phi) is 6.31. The quantitative estimate of drug-likeness (QED) is 0.464. The van der Waals surface area contributed by atoms with Gasteiger partial charge in [0.05, 0.1) is 11.4 Å². The molecule has 0 aliphatic rings. The van der Waals surface area contributed by atoms with Gasteiger partial charge in [0, 0.05) is 12.3 Å². The van der Waals surface area contributed by atoms with Crippen LogP contribution in [0.3, 0.4) is 0 Å². The number of ether oxygens (including phenoxy) is 1. The predicted molar refractivity (Wildman–Crippen MR) is 91.3 cm³/mol. The summed E-state index contributed by atoms with van der Waals surface area (Å²) in [7, 11) is -9.14. The Balaban J connectivity index is 2.06. The minimum absolute atomic E-state index is 0.100. The topological polar surface area (TPSA) is 134 Å². The Morgan fingerprint density at radius 3 is 2.52 bits per heavy atom. The zero-order chi connectivity index (χ0) is 18.5. The molecule has 8 nitrogen and oxygen atoms in total. The van der Waals surface area contributed by atoms with Crippen molar-refractivity contribution in [1.82, 2.24) is 4.98 Å². The number of rotatable bonds is 8. The first-order valence-electron chi connectivity index (χ1n) is 7.32. The van der Waals surface area contributed by atoms with Crippen molar-refractivity contribution >= 4 is 17.7 Å². The maximum absolute atomic E-state index is 11.4. The summed E-state index contributed by atoms with van der Waals surface area (Å²) in [5.74, 6) is -0.0840. The van der Waals surface area contributed by atoms with Crippen LogP contribution in [0.4, 0.5) is 0 Å². The molecule has 1 aromatic carbocycles. The third-order valence-corrected chi connectivity index (χ3v) is 5.87. The number of hydrogen-bond acceptors (Lipinski definition) is 5. The van der Waals surface area contributed by atoms with Crippen molar-refractivity contribution in [2.75, 3.05) is 5.75 Å². The van der Waals surface area contributed by atoms with E-state index in [-0.39, 0.29) is 12.8 Å². The fourth-order valence-corrected chi connectivity index (χ4v) is 4.68. The zero-order valence-corrected chi connectivity index (χ0v) is 14.8. The molecular formula is C15H18NO7PS. The Morgan fingerprint density at radius 1 is 1.16 bits per heavy atom. The lowest BCUT2D eigenvalue weighted by molar-refractivity contribution is 0.356. The smallest absolute Gasteiger partial charge is 0.329 e. The summed E-state index contributed by atoms with van der Waals surface area (Å²) in [4.78, 5) is 22.6. The maximum Gasteiger partial charge on any atom is 0.329 e. The summed E-state index contributed by atoms with van der Waals surface area (Å²) in [6.07, 6.45) is 1.70. The van der Waals surface area contributed by atoms with Crippen molar-refractivity contribution in [2.45, 2.75) is 18.5 Å². The van der Waals surface area contributed by atoms with E-state index in [1.807, 2.05) is 0 Å². The van der Waals surface area contributed by atoms with Crippen LogP contribution in [0.1, 0.15) is 12.0 Å². The molecule has 2 aromatic rings. The van der Waals surface area contributed by atoms with Gasteiger partial charge in [-0.05, 0) is 36.6 Å². The van der Waals surface area contributed by atoms with E-state index in [1.54, 1.807) is 48.7 Å². The van der Waals surface area contributed by atoms with Crippen LogP contribution in [0.5, 0.6) is 11.6 Å². The third-order valence-electron chi connectivity index (χ3n) is 3.40. The highest BCUT2D eigenvalue weighted by atomic mass is 32.2. The van der Waals surface area contributed by atoms with E-state index in [0.717, 1.165) is 0 Å². The average Bonchev–Trinajstić information content (AvgIpc) is 2.51. The summed E-state index contributed by atoms with van der Waals surface area (Å²) in [5.41, 5.74) is -0.759. The molecular weight excluding hydrogens is 369 g/mol. The number of pyridine rings is 1. The lowest BCUT2D eigenvalue weighted by Crippen LogP contribution is -2.21. The average molecular weight is 387 g/mol. The molecule has 0 fully saturated rings. The van der Waals surface area contributed by atoms with Crippen LogP contribution in [0.2, 0.25) is 0 Å². The molecule has 0 saturated heterocycles. The van der Waals surface area contributed by atoms with Crippen molar-refractivity contribution in [3.05, 3.63) is 54.2 Å². The van der Waals surface area contributed by atoms with Gasteiger partial charge in [0.1, 0.15) is 5.75 Å². The zero-order valence-electron chi connectivity index (χ0n) is 13.1. The van der Waals surface area contributed by atoms with Gasteiger partial charge in [-0.25, -0.2) is 4.98 Å². The molecule has 0 aliphatic carbocycles. The Morgan fingerprint density at radius 2 is 1.92 bits per heavy atom. The minimum Gasteiger partial charge on any atom is -0.439 e. The van der Waals surface area contributed by atoms with Crippen molar-refractivity contribution in [1.29, 1.82) is 0 Å². The van der Waals surface area contributed by atoms with Crippen LogP contribution < -0.4 is 4.74 Å². The SMILES string of the molecule is O=P(O)(O)C(CCc1cccc(Oc2ccccn2)c1)CS(=O)(=O)O. The Labute approximate surface area is 145 Å². The lowest BCUT2D eigenvalue weighted by atomic mass is 10.1. The highest BCUT2D eigenvalue weighted by molar-refractivity contribution is 7.86. The minimum atomic E-state index is -4.66. The molecule has 25 heavy (non-hydrogen) atoms. The first-order valence-corrected chi connectivity index (χ1v) is 10.6. The first kappa shape index (κ1) is 19.6. The van der Waals surface area contributed by atoms with Gasteiger partial charge >= 0.3 is 7.60 Å². The second-order valence-electron chi connectivity index (χ2n) is 5.45. The molecule has 0 spiro atoms. The molecule has 0 amide bonds. The normalized spacial score (nSPS) is 13.4. The molecule has 0 bridgehead atoms. The van der Waals surface area contributed by atoms with Crippen LogP contribution in [0, 0.1) is 0 Å². The Bertz CT molecular complexity index is 851. The fourth-order valence-electron chi connectivity index (χ4n) is 2.22. The molecule has 10 heteroatoms. The number of nitrogens with zero attached hydrogens (tertiary/aromatic N) is 1. The van der Waals surface area contributed by atoms with Gasteiger partial charge in [-0.1, -0.05) is 18.2 Å². The molecule has 0 aliphatic heterocycles. The predicted octanol–water partition coefficient (Wildman–Crippen LogP) is 2.24. The molecule has 1 aromatic heterocycles. The van der Waals surface area contributed by atoms with Gasteiger partial charge < -0.3 is 14.5 Å². The van der Waals surface area contributed by atoms with E-state index in [2.05, 4.69) is 4.98 Å². The second-order valence-corrected chi connectivity index (χ2v) is 8.85. The number of aromatic nitrogens is 1. The van der Waals surface area contributed by atoms with Gasteiger partial charge in [-0.2, -0.15) is 8.42 Å². The number of benzene rings is 1. The Hall–Kier alpha value is -1.77. The van der Waals surface area contributed by atoms with E-state index < -0.39 is 29.1 Å². The molecule has 2 rings (SSSR count). The van der Waals surface area contributed by atoms with E-state index >= 15 is 0 Å². The van der Waals surface area contributed by atoms with Crippen LogP contribution in [-0.2, 0) is 21.1 Å². The molecule has 0 saturated carbocycles. The van der Waals surface area contributed by atoms with Crippen molar-refractivity contribution in [3.63, 3.8) is 0 Å². The summed E-state index contributed by atoms with van der Waals surface area (Å²) in [6.45, 7) is 0. The van der Waals surface area contributed by atoms with Crippen molar-refractivity contribution in [3.8, 4) is 11.6 Å². The van der Waals surface area contributed by atoms with E-state index in [1.165, 1.54) is 0 Å². The molecule has 3 N–H and O–H groups in total. The first-order chi connectivity index (χ1) is 11.6. The van der Waals surface area contributed by atoms with Crippen LogP contribution in [0.15, 0.2) is 48.7 Å². The number of hydrogen-bond donors (Lipinski definition) is 3. The lowest BCUT2D eigenvalue weighted by Gasteiger charge is -2.17. The van der Waals surface area contributed by atoms with E-state index in [4.69, 9.17) is 9.29 Å². The monoisotopic (exact) mass is 387 g/mol. The largest absolute Gasteiger partial charge is 0.439 e. The second kappa shape index (κ2) is 8.07. The van der Waals surface area contributed by atoms with Gasteiger partial charge in [0.15, 0.2) is 0 Å². The maximum atomic E-state index is 11.4. The van der Waals surface area contributed by atoms with Gasteiger partial charge in [0.2, 0.25) is 5.88 Å². The fraction of sp³-hybridized carbons (Fsp3) is 0.267. The molecule has 1 heterocycles. The summed E-state index contributed by atoms with van der Waals surface area (Å²) in [6, 6.07) is 12.0. The summed E-state index contributed by atoms with van der Waals surface area (Å²) >= 11 is 0. The van der Waals surface area contributed by atoms with E-state index in [9.17, 15) is 22.8 Å². The highest BCUT2D eigenvalue weighted by Crippen LogP contribution is 2.44. The van der Waals surface area contributed by atoms with Crippen molar-refractivity contribution in [2.24, 2.45) is 0 Å². The summed E-state index contributed by atoms with van der Waals surface area (Å²) < 4.78 is 47.7. The molecule has 0 radical (unpaired) electrons. The van der Waals surface area contributed by atoms with Crippen LogP contribution >= 0.6 is 7.60 Å². The molecule has 1 atom stereocenters. The van der Waals surface area contributed by atoms with Crippen LogP contribution in [0.25, 0.3) is 0 Å². The summed E-state index contributed by atoms with van der Waals surface area (Å²) in [5, 5.41) is 0. The highest BCUT2D eigenvalue weighted by Gasteiger charge is 2.32. The van der Waals surface area contributed by atoms with Gasteiger partial charge in [-0.3, -0.25) is 9.12 Å². The van der Waals surface area contributed by atoms with Crippen molar-refractivity contribution < 1.29 is 32.1 Å². The standard InChI is InChI=1S/C15H18NO7PS/c17-24(18,19)14(11-25(20,21)22)8-7-12-4-3-5-13(10-12)23-15-6-1-2-9-16-15/h1-6,9-10,14H,7-8,11H2,(H2,17,18,19)(H,20,21,22). The van der Waals surface area contributed by atoms with Gasteiger partial charge in [0.25, 0.3) is 10.1 Å². The number of aryl methyl sites for hydroxylation is 1. The third kappa shape index (κ3) is 6.93. The van der Waals surface area contributed by atoms with Gasteiger partial charge in [-0.15, -0.1) is 0 Å². The molecule has 1 unspecified atom stereocenters. The molecule has 136 valence electrons.